The van der Waals surface area contributed by atoms with E-state index in [1.54, 1.807) is 12.3 Å². The number of hydrogen-bond donors (Lipinski definition) is 0. The minimum Gasteiger partial charge on any atom is -0.502 e. The lowest BCUT2D eigenvalue weighted by molar-refractivity contribution is 0.268. The zero-order chi connectivity index (χ0) is 9.52. The molecule has 12 heavy (non-hydrogen) atoms. The Morgan fingerprint density at radius 3 is 2.83 bits per heavy atom. The Morgan fingerprint density at radius 1 is 1.42 bits per heavy atom. The van der Waals surface area contributed by atoms with Crippen LogP contribution in [-0.4, -0.2) is 6.61 Å². The van der Waals surface area contributed by atoms with Gasteiger partial charge >= 0.3 is 0 Å². The fourth-order valence-corrected chi connectivity index (χ4v) is 0.866. The summed E-state index contributed by atoms with van der Waals surface area (Å²) in [6.07, 6.45) is 3.00. The normalized spacial score (nSPS) is 14.2. The Morgan fingerprint density at radius 2 is 2.17 bits per heavy atom. The van der Waals surface area contributed by atoms with Crippen LogP contribution in [0, 0.1) is 0 Å². The fourth-order valence-electron chi connectivity index (χ4n) is 0.866. The van der Waals surface area contributed by atoms with Crippen LogP contribution in [0.3, 0.4) is 0 Å². The summed E-state index contributed by atoms with van der Waals surface area (Å²) < 4.78 is 12.7. The van der Waals surface area contributed by atoms with Gasteiger partial charge in [0.05, 0.1) is 12.9 Å². The predicted octanol–water partition coefficient (Wildman–Crippen LogP) is 2.78. The summed E-state index contributed by atoms with van der Waals surface area (Å²) in [7, 11) is 0. The summed E-state index contributed by atoms with van der Waals surface area (Å²) >= 11 is 0. The fraction of sp³-hybridized carbons (Fsp3) is 0.273. The second kappa shape index (κ2) is 5.42. The van der Waals surface area contributed by atoms with Gasteiger partial charge in [0.1, 0.15) is 0 Å². The van der Waals surface area contributed by atoms with E-state index in [1.807, 2.05) is 37.3 Å². The Bertz CT molecular complexity index is 256. The van der Waals surface area contributed by atoms with E-state index < -0.39 is 0 Å². The van der Waals surface area contributed by atoms with Gasteiger partial charge in [0, 0.05) is 1.37 Å². The summed E-state index contributed by atoms with van der Waals surface area (Å²) in [5.74, 6) is 0. The van der Waals surface area contributed by atoms with E-state index in [1.165, 1.54) is 0 Å². The Kier molecular flexibility index (Phi) is 3.34. The monoisotopic (exact) mass is 163 g/mol. The van der Waals surface area contributed by atoms with Crippen LogP contribution < -0.4 is 0 Å². The van der Waals surface area contributed by atoms with Crippen molar-refractivity contribution in [1.82, 2.24) is 0 Å². The van der Waals surface area contributed by atoms with Gasteiger partial charge in [0.15, 0.2) is 0 Å². The molecule has 1 unspecified atom stereocenters. The van der Waals surface area contributed by atoms with Gasteiger partial charge in [0.25, 0.3) is 0 Å². The molecule has 0 amide bonds. The van der Waals surface area contributed by atoms with Gasteiger partial charge < -0.3 is 4.74 Å². The third-order valence-electron chi connectivity index (χ3n) is 1.43. The lowest BCUT2D eigenvalue weighted by Gasteiger charge is -1.94. The highest BCUT2D eigenvalue weighted by Gasteiger charge is 1.84. The SMILES string of the molecule is [2H]C(/C=C/OCC)c1ccccc1. The van der Waals surface area contributed by atoms with Gasteiger partial charge in [0.2, 0.25) is 0 Å². The Labute approximate surface area is 75.1 Å². The smallest absolute Gasteiger partial charge is 0.0845 e. The van der Waals surface area contributed by atoms with E-state index >= 15 is 0 Å². The highest BCUT2D eigenvalue weighted by Crippen LogP contribution is 1.99. The second-order valence-corrected chi connectivity index (χ2v) is 2.36. The summed E-state index contributed by atoms with van der Waals surface area (Å²) in [6, 6.07) is 9.70. The van der Waals surface area contributed by atoms with Crippen molar-refractivity contribution < 1.29 is 6.11 Å². The molecule has 0 aliphatic rings. The molecule has 64 valence electrons. The molecule has 0 saturated carbocycles. The molecule has 0 aliphatic heterocycles. The minimum atomic E-state index is -0.326. The third-order valence-corrected chi connectivity index (χ3v) is 1.43. The summed E-state index contributed by atoms with van der Waals surface area (Å²) in [4.78, 5) is 0. The average Bonchev–Trinajstić information content (AvgIpc) is 2.19. The molecule has 1 aromatic rings. The molecular formula is C11H14O. The highest BCUT2D eigenvalue weighted by molar-refractivity contribution is 5.16. The Balaban J connectivity index is 2.53. The maximum atomic E-state index is 7.72. The van der Waals surface area contributed by atoms with E-state index in [2.05, 4.69) is 0 Å². The molecule has 1 nitrogen and oxygen atoms in total. The van der Waals surface area contributed by atoms with Gasteiger partial charge in [-0.15, -0.1) is 0 Å². The standard InChI is InChI=1S/C11H14O/c1-2-12-10-6-9-11-7-4-3-5-8-11/h3-8,10H,2,9H2,1H3/b10-6+/i9D. The van der Waals surface area contributed by atoms with Crippen LogP contribution >= 0.6 is 0 Å². The quantitative estimate of drug-likeness (QED) is 0.620. The molecule has 1 aromatic carbocycles. The van der Waals surface area contributed by atoms with E-state index in [0.29, 0.717) is 6.61 Å². The first-order valence-corrected chi connectivity index (χ1v) is 4.10. The first kappa shape index (κ1) is 7.41. The molecule has 0 aromatic heterocycles. The molecule has 0 bridgehead atoms. The average molecular weight is 163 g/mol. The third kappa shape index (κ3) is 3.24. The van der Waals surface area contributed by atoms with Crippen molar-refractivity contribution in [3.05, 3.63) is 48.2 Å². The molecule has 0 N–H and O–H groups in total. The van der Waals surface area contributed by atoms with E-state index in [-0.39, 0.29) is 6.40 Å². The maximum Gasteiger partial charge on any atom is 0.0845 e. The molecule has 1 rings (SSSR count). The number of rotatable bonds is 4. The van der Waals surface area contributed by atoms with Gasteiger partial charge in [-0.2, -0.15) is 0 Å². The van der Waals surface area contributed by atoms with Gasteiger partial charge in [-0.1, -0.05) is 30.3 Å². The zero-order valence-electron chi connectivity index (χ0n) is 8.23. The van der Waals surface area contributed by atoms with Gasteiger partial charge in [-0.3, -0.25) is 0 Å². The van der Waals surface area contributed by atoms with Crippen LogP contribution in [0.2, 0.25) is 0 Å². The lowest BCUT2D eigenvalue weighted by atomic mass is 10.2. The first-order valence-electron chi connectivity index (χ1n) is 4.67. The number of benzene rings is 1. The van der Waals surface area contributed by atoms with E-state index in [9.17, 15) is 0 Å². The van der Waals surface area contributed by atoms with Crippen molar-refractivity contribution >= 4 is 0 Å². The summed E-state index contributed by atoms with van der Waals surface area (Å²) in [5.41, 5.74) is 0.985. The van der Waals surface area contributed by atoms with Crippen LogP contribution in [0.1, 0.15) is 13.9 Å². The molecular weight excluding hydrogens is 148 g/mol. The molecule has 0 spiro atoms. The van der Waals surface area contributed by atoms with Crippen molar-refractivity contribution in [3.8, 4) is 0 Å². The van der Waals surface area contributed by atoms with Crippen LogP contribution in [0.5, 0.6) is 0 Å². The number of allylic oxidation sites excluding steroid dienone is 1. The van der Waals surface area contributed by atoms with Crippen LogP contribution in [0.25, 0.3) is 0 Å². The summed E-state index contributed by atoms with van der Waals surface area (Å²) in [5, 5.41) is 0. The first-order chi connectivity index (χ1) is 6.34. The van der Waals surface area contributed by atoms with Crippen LogP contribution in [0.4, 0.5) is 0 Å². The molecule has 0 radical (unpaired) electrons. The van der Waals surface area contributed by atoms with Crippen LogP contribution in [-0.2, 0) is 11.1 Å². The largest absolute Gasteiger partial charge is 0.502 e. The predicted molar refractivity (Wildman–Crippen MR) is 50.9 cm³/mol. The molecule has 0 aliphatic carbocycles. The highest BCUT2D eigenvalue weighted by atomic mass is 16.5. The molecule has 1 atom stereocenters. The van der Waals surface area contributed by atoms with E-state index in [4.69, 9.17) is 6.11 Å². The van der Waals surface area contributed by atoms with E-state index in [0.717, 1.165) is 5.56 Å². The molecule has 1 heteroatoms. The zero-order valence-corrected chi connectivity index (χ0v) is 7.23. The lowest BCUT2D eigenvalue weighted by Crippen LogP contribution is -1.81. The van der Waals surface area contributed by atoms with Crippen LogP contribution in [0.15, 0.2) is 42.7 Å². The number of hydrogen-bond acceptors (Lipinski definition) is 1. The minimum absolute atomic E-state index is 0.326. The van der Waals surface area contributed by atoms with Crippen molar-refractivity contribution in [2.45, 2.75) is 13.3 Å². The molecule has 0 saturated heterocycles. The van der Waals surface area contributed by atoms with Crippen molar-refractivity contribution in [2.75, 3.05) is 6.61 Å². The summed E-state index contributed by atoms with van der Waals surface area (Å²) in [6.45, 7) is 2.57. The molecule has 0 fully saturated rings. The maximum absolute atomic E-state index is 7.72. The van der Waals surface area contributed by atoms with Gasteiger partial charge in [-0.05, 0) is 25.0 Å². The van der Waals surface area contributed by atoms with Crippen molar-refractivity contribution in [1.29, 1.82) is 0 Å². The van der Waals surface area contributed by atoms with Crippen molar-refractivity contribution in [2.24, 2.45) is 0 Å². The number of ether oxygens (including phenoxy) is 1. The molecule has 0 heterocycles. The van der Waals surface area contributed by atoms with Crippen molar-refractivity contribution in [3.63, 3.8) is 0 Å². The topological polar surface area (TPSA) is 9.23 Å². The van der Waals surface area contributed by atoms with Gasteiger partial charge in [-0.25, -0.2) is 0 Å². The Hall–Kier alpha value is -1.24. The second-order valence-electron chi connectivity index (χ2n) is 2.36.